The molecule has 0 aliphatic rings. The zero-order valence-corrected chi connectivity index (χ0v) is 10.0. The lowest BCUT2D eigenvalue weighted by Crippen LogP contribution is -2.14. The lowest BCUT2D eigenvalue weighted by atomic mass is 10.1. The Morgan fingerprint density at radius 2 is 2.21 bits per heavy atom. The summed E-state index contributed by atoms with van der Waals surface area (Å²) in [5, 5.41) is 3.23. The summed E-state index contributed by atoms with van der Waals surface area (Å²) in [7, 11) is 0. The minimum Gasteiger partial charge on any atom is -0.325 e. The zero-order chi connectivity index (χ0) is 10.6. The van der Waals surface area contributed by atoms with Crippen molar-refractivity contribution in [2.45, 2.75) is 20.3 Å². The van der Waals surface area contributed by atoms with E-state index in [1.807, 2.05) is 25.1 Å². The summed E-state index contributed by atoms with van der Waals surface area (Å²) in [6, 6.07) is 6.05. The number of halogens is 1. The number of nitrogens with one attached hydrogen (secondary N) is 1. The van der Waals surface area contributed by atoms with Crippen LogP contribution in [0.4, 0.5) is 5.69 Å². The Kier molecular flexibility index (Phi) is 4.14. The molecule has 1 rings (SSSR count). The van der Waals surface area contributed by atoms with Crippen LogP contribution in [-0.2, 0) is 11.2 Å². The molecule has 0 saturated heterocycles. The van der Waals surface area contributed by atoms with E-state index in [1.54, 1.807) is 0 Å². The van der Waals surface area contributed by atoms with Crippen molar-refractivity contribution in [3.05, 3.63) is 29.3 Å². The van der Waals surface area contributed by atoms with Gasteiger partial charge in [-0.25, -0.2) is 0 Å². The van der Waals surface area contributed by atoms with Gasteiger partial charge in [-0.1, -0.05) is 41.1 Å². The van der Waals surface area contributed by atoms with Crippen LogP contribution in [0.2, 0.25) is 0 Å². The average Bonchev–Trinajstić information content (AvgIpc) is 2.20. The molecule has 0 aliphatic heterocycles. The molecule has 0 aliphatic carbocycles. The first-order valence-corrected chi connectivity index (χ1v) is 5.75. The van der Waals surface area contributed by atoms with Gasteiger partial charge in [-0.05, 0) is 24.5 Å². The van der Waals surface area contributed by atoms with Gasteiger partial charge in [-0.2, -0.15) is 0 Å². The number of alkyl halides is 1. The number of aryl methyl sites for hydroxylation is 2. The van der Waals surface area contributed by atoms with Gasteiger partial charge in [0, 0.05) is 5.69 Å². The Morgan fingerprint density at radius 3 is 2.79 bits per heavy atom. The maximum Gasteiger partial charge on any atom is 0.235 e. The van der Waals surface area contributed by atoms with Gasteiger partial charge in [-0.15, -0.1) is 0 Å². The fraction of sp³-hybridized carbons (Fsp3) is 0.364. The van der Waals surface area contributed by atoms with E-state index in [2.05, 4.69) is 28.2 Å². The lowest BCUT2D eigenvalue weighted by Gasteiger charge is -2.11. The third-order valence-electron chi connectivity index (χ3n) is 2.13. The van der Waals surface area contributed by atoms with Crippen molar-refractivity contribution < 1.29 is 4.79 Å². The summed E-state index contributed by atoms with van der Waals surface area (Å²) in [4.78, 5) is 11.2. The van der Waals surface area contributed by atoms with E-state index in [0.29, 0.717) is 5.33 Å². The van der Waals surface area contributed by atoms with Crippen molar-refractivity contribution in [2.75, 3.05) is 10.6 Å². The number of amides is 1. The highest BCUT2D eigenvalue weighted by molar-refractivity contribution is 9.09. The van der Waals surface area contributed by atoms with Crippen LogP contribution in [-0.4, -0.2) is 11.2 Å². The Balaban J connectivity index is 2.98. The quantitative estimate of drug-likeness (QED) is 0.828. The van der Waals surface area contributed by atoms with Crippen molar-refractivity contribution in [3.63, 3.8) is 0 Å². The van der Waals surface area contributed by atoms with Gasteiger partial charge >= 0.3 is 0 Å². The second-order valence-electron chi connectivity index (χ2n) is 3.14. The van der Waals surface area contributed by atoms with E-state index >= 15 is 0 Å². The van der Waals surface area contributed by atoms with E-state index in [1.165, 1.54) is 5.56 Å². The minimum absolute atomic E-state index is 0.00556. The van der Waals surface area contributed by atoms with Crippen molar-refractivity contribution >= 4 is 27.5 Å². The molecular weight excluding hydrogens is 242 g/mol. The maximum absolute atomic E-state index is 11.2. The average molecular weight is 256 g/mol. The highest BCUT2D eigenvalue weighted by Crippen LogP contribution is 2.20. The summed E-state index contributed by atoms with van der Waals surface area (Å²) in [5.74, 6) is -0.00556. The lowest BCUT2D eigenvalue weighted by molar-refractivity contribution is -0.113. The molecule has 0 bridgehead atoms. The van der Waals surface area contributed by atoms with Crippen LogP contribution in [0, 0.1) is 6.92 Å². The Bertz CT molecular complexity index is 336. The largest absolute Gasteiger partial charge is 0.325 e. The Morgan fingerprint density at radius 1 is 1.50 bits per heavy atom. The van der Waals surface area contributed by atoms with Gasteiger partial charge < -0.3 is 5.32 Å². The second-order valence-corrected chi connectivity index (χ2v) is 3.71. The van der Waals surface area contributed by atoms with Gasteiger partial charge in [-0.3, -0.25) is 4.79 Å². The predicted octanol–water partition coefficient (Wildman–Crippen LogP) is 2.89. The van der Waals surface area contributed by atoms with Gasteiger partial charge in [0.15, 0.2) is 0 Å². The smallest absolute Gasteiger partial charge is 0.235 e. The summed E-state index contributed by atoms with van der Waals surface area (Å²) >= 11 is 3.13. The van der Waals surface area contributed by atoms with Crippen molar-refractivity contribution in [3.8, 4) is 0 Å². The number of hydrogen-bond acceptors (Lipinski definition) is 1. The van der Waals surface area contributed by atoms with Crippen LogP contribution >= 0.6 is 15.9 Å². The predicted molar refractivity (Wildman–Crippen MR) is 63.0 cm³/mol. The van der Waals surface area contributed by atoms with Crippen LogP contribution in [0.15, 0.2) is 18.2 Å². The van der Waals surface area contributed by atoms with Gasteiger partial charge in [0.1, 0.15) is 0 Å². The molecular formula is C11H14BrNO. The summed E-state index contributed by atoms with van der Waals surface area (Å²) in [6.07, 6.45) is 0.930. The fourth-order valence-corrected chi connectivity index (χ4v) is 1.52. The highest BCUT2D eigenvalue weighted by atomic mass is 79.9. The molecule has 0 saturated carbocycles. The fourth-order valence-electron chi connectivity index (χ4n) is 1.37. The monoisotopic (exact) mass is 255 g/mol. The van der Waals surface area contributed by atoms with Crippen LogP contribution in [0.3, 0.4) is 0 Å². The third kappa shape index (κ3) is 2.58. The van der Waals surface area contributed by atoms with E-state index in [4.69, 9.17) is 0 Å². The molecule has 0 fully saturated rings. The molecule has 0 unspecified atom stereocenters. The summed E-state index contributed by atoms with van der Waals surface area (Å²) in [5.41, 5.74) is 3.25. The number of para-hydroxylation sites is 1. The molecule has 0 radical (unpaired) electrons. The molecule has 0 aromatic heterocycles. The third-order valence-corrected chi connectivity index (χ3v) is 2.64. The van der Waals surface area contributed by atoms with E-state index in [0.717, 1.165) is 17.7 Å². The molecule has 14 heavy (non-hydrogen) atoms. The van der Waals surface area contributed by atoms with Crippen LogP contribution < -0.4 is 5.32 Å². The highest BCUT2D eigenvalue weighted by Gasteiger charge is 2.06. The molecule has 2 nitrogen and oxygen atoms in total. The zero-order valence-electron chi connectivity index (χ0n) is 8.43. The normalized spacial score (nSPS) is 9.93. The van der Waals surface area contributed by atoms with Gasteiger partial charge in [0.25, 0.3) is 0 Å². The summed E-state index contributed by atoms with van der Waals surface area (Å²) in [6.45, 7) is 4.08. The number of carbonyl (C=O) groups excluding carboxylic acids is 1. The van der Waals surface area contributed by atoms with E-state index in [-0.39, 0.29) is 5.91 Å². The summed E-state index contributed by atoms with van der Waals surface area (Å²) < 4.78 is 0. The van der Waals surface area contributed by atoms with Crippen LogP contribution in [0.1, 0.15) is 18.1 Å². The standard InChI is InChI=1S/C11H14BrNO/c1-3-9-6-4-5-8(2)11(9)13-10(14)7-12/h4-6H,3,7H2,1-2H3,(H,13,14). The van der Waals surface area contributed by atoms with Crippen molar-refractivity contribution in [2.24, 2.45) is 0 Å². The number of benzene rings is 1. The van der Waals surface area contributed by atoms with Crippen LogP contribution in [0.5, 0.6) is 0 Å². The molecule has 1 amide bonds. The maximum atomic E-state index is 11.2. The SMILES string of the molecule is CCc1cccc(C)c1NC(=O)CBr. The topological polar surface area (TPSA) is 29.1 Å². The Labute approximate surface area is 92.8 Å². The first kappa shape index (κ1) is 11.2. The number of carbonyl (C=O) groups is 1. The van der Waals surface area contributed by atoms with Crippen molar-refractivity contribution in [1.29, 1.82) is 0 Å². The molecule has 76 valence electrons. The van der Waals surface area contributed by atoms with Gasteiger partial charge in [0.2, 0.25) is 5.91 Å². The van der Waals surface area contributed by atoms with Crippen molar-refractivity contribution in [1.82, 2.24) is 0 Å². The molecule has 3 heteroatoms. The van der Waals surface area contributed by atoms with E-state index in [9.17, 15) is 4.79 Å². The molecule has 1 aromatic rings. The number of rotatable bonds is 3. The molecule has 1 N–H and O–H groups in total. The number of anilines is 1. The molecule has 0 spiro atoms. The number of hydrogen-bond donors (Lipinski definition) is 1. The Hall–Kier alpha value is -0.830. The molecule has 1 aromatic carbocycles. The molecule has 0 heterocycles. The second kappa shape index (κ2) is 5.15. The first-order valence-electron chi connectivity index (χ1n) is 4.63. The van der Waals surface area contributed by atoms with Gasteiger partial charge in [0.05, 0.1) is 5.33 Å². The van der Waals surface area contributed by atoms with Crippen LogP contribution in [0.25, 0.3) is 0 Å². The molecule has 0 atom stereocenters. The first-order chi connectivity index (χ1) is 6.69. The minimum atomic E-state index is -0.00556. The van der Waals surface area contributed by atoms with E-state index < -0.39 is 0 Å².